The number of aromatic nitrogens is 2. The smallest absolute Gasteiger partial charge is 0.266 e. The molecular formula is C16H19N3O2S2. The van der Waals surface area contributed by atoms with E-state index in [-0.39, 0.29) is 5.91 Å². The highest BCUT2D eigenvalue weighted by atomic mass is 32.2. The van der Waals surface area contributed by atoms with Gasteiger partial charge in [-0.05, 0) is 44.0 Å². The van der Waals surface area contributed by atoms with Crippen molar-refractivity contribution in [1.82, 2.24) is 10.2 Å². The highest BCUT2D eigenvalue weighted by molar-refractivity contribution is 8.01. The molecule has 1 amide bonds. The van der Waals surface area contributed by atoms with Crippen LogP contribution in [0.15, 0.2) is 35.2 Å². The summed E-state index contributed by atoms with van der Waals surface area (Å²) in [4.78, 5) is 12.2. The van der Waals surface area contributed by atoms with Crippen molar-refractivity contribution in [2.45, 2.75) is 31.2 Å². The van der Waals surface area contributed by atoms with Crippen LogP contribution < -0.4 is 10.1 Å². The average molecular weight is 349 g/mol. The maximum atomic E-state index is 12.2. The Hall–Kier alpha value is -1.86. The Bertz CT molecular complexity index is 700. The number of amides is 1. The molecule has 1 N–H and O–H groups in total. The van der Waals surface area contributed by atoms with Crippen molar-refractivity contribution in [3.05, 3.63) is 42.0 Å². The quantitative estimate of drug-likeness (QED) is 0.467. The summed E-state index contributed by atoms with van der Waals surface area (Å²) in [5.74, 6) is 1.18. The van der Waals surface area contributed by atoms with Crippen LogP contribution >= 0.6 is 23.1 Å². The monoisotopic (exact) mass is 349 g/mol. The Morgan fingerprint density at radius 2 is 2.22 bits per heavy atom. The summed E-state index contributed by atoms with van der Waals surface area (Å²) in [5, 5.41) is 11.1. The molecule has 1 heterocycles. The topological polar surface area (TPSA) is 64.1 Å². The van der Waals surface area contributed by atoms with Gasteiger partial charge in [0.2, 0.25) is 5.13 Å². The molecule has 1 unspecified atom stereocenters. The van der Waals surface area contributed by atoms with E-state index < -0.39 is 6.10 Å². The summed E-state index contributed by atoms with van der Waals surface area (Å²) in [6, 6.07) is 5.76. The van der Waals surface area contributed by atoms with Crippen LogP contribution in [0.25, 0.3) is 0 Å². The van der Waals surface area contributed by atoms with Crippen LogP contribution in [0.3, 0.4) is 0 Å². The van der Waals surface area contributed by atoms with E-state index in [0.717, 1.165) is 15.7 Å². The molecule has 0 bridgehead atoms. The normalized spacial score (nSPS) is 11.8. The zero-order valence-electron chi connectivity index (χ0n) is 13.3. The summed E-state index contributed by atoms with van der Waals surface area (Å²) >= 11 is 2.86. The molecule has 122 valence electrons. The Morgan fingerprint density at radius 3 is 2.91 bits per heavy atom. The number of aryl methyl sites for hydroxylation is 2. The summed E-state index contributed by atoms with van der Waals surface area (Å²) in [7, 11) is 0. The number of hydrogen-bond donors (Lipinski definition) is 1. The average Bonchev–Trinajstić information content (AvgIpc) is 2.96. The number of thioether (sulfide) groups is 1. The first-order valence-electron chi connectivity index (χ1n) is 7.11. The van der Waals surface area contributed by atoms with Gasteiger partial charge in [0.05, 0.1) is 0 Å². The summed E-state index contributed by atoms with van der Waals surface area (Å²) < 4.78 is 6.48. The molecule has 2 rings (SSSR count). The van der Waals surface area contributed by atoms with Gasteiger partial charge in [-0.1, -0.05) is 35.2 Å². The Balaban J connectivity index is 1.92. The molecule has 1 aromatic heterocycles. The van der Waals surface area contributed by atoms with Crippen molar-refractivity contribution in [2.24, 2.45) is 0 Å². The molecule has 0 aliphatic carbocycles. The van der Waals surface area contributed by atoms with Gasteiger partial charge in [0.15, 0.2) is 10.4 Å². The minimum atomic E-state index is -0.620. The van der Waals surface area contributed by atoms with E-state index in [9.17, 15) is 4.79 Å². The second-order valence-corrected chi connectivity index (χ2v) is 7.21. The van der Waals surface area contributed by atoms with Crippen LogP contribution in [0.1, 0.15) is 18.1 Å². The van der Waals surface area contributed by atoms with Crippen molar-refractivity contribution in [2.75, 3.05) is 11.1 Å². The number of nitrogens with zero attached hydrogens (tertiary/aromatic N) is 2. The predicted octanol–water partition coefficient (Wildman–Crippen LogP) is 3.84. The maximum absolute atomic E-state index is 12.2. The number of carbonyl (C=O) groups is 1. The minimum Gasteiger partial charge on any atom is -0.481 e. The van der Waals surface area contributed by atoms with E-state index in [0.29, 0.717) is 10.9 Å². The third kappa shape index (κ3) is 5.07. The van der Waals surface area contributed by atoms with Crippen LogP contribution in [-0.2, 0) is 4.79 Å². The van der Waals surface area contributed by atoms with E-state index in [1.807, 2.05) is 32.0 Å². The number of anilines is 1. The third-order valence-corrected chi connectivity index (χ3v) is 5.09. The molecule has 5 nitrogen and oxygen atoms in total. The van der Waals surface area contributed by atoms with Crippen LogP contribution in [0.4, 0.5) is 5.13 Å². The second kappa shape index (κ2) is 8.12. The van der Waals surface area contributed by atoms with E-state index in [1.54, 1.807) is 13.0 Å². The molecule has 0 saturated heterocycles. The standard InChI is InChI=1S/C16H19N3O2S2/c1-5-8-22-16-19-18-15(23-16)17-14(20)12(4)21-13-7-6-10(2)11(3)9-13/h5-7,9,12H,1,8H2,2-4H3,(H,17,18,20). The van der Waals surface area contributed by atoms with Crippen LogP contribution in [0.5, 0.6) is 5.75 Å². The zero-order valence-corrected chi connectivity index (χ0v) is 15.0. The first kappa shape index (κ1) is 17.5. The van der Waals surface area contributed by atoms with Crippen LogP contribution in [-0.4, -0.2) is 28.0 Å². The van der Waals surface area contributed by atoms with Crippen LogP contribution in [0, 0.1) is 13.8 Å². The van der Waals surface area contributed by atoms with E-state index in [1.165, 1.54) is 28.7 Å². The summed E-state index contributed by atoms with van der Waals surface area (Å²) in [5.41, 5.74) is 2.32. The molecular weight excluding hydrogens is 330 g/mol. The van der Waals surface area contributed by atoms with Gasteiger partial charge in [-0.25, -0.2) is 0 Å². The Kier molecular flexibility index (Phi) is 6.18. The zero-order chi connectivity index (χ0) is 16.8. The van der Waals surface area contributed by atoms with Gasteiger partial charge in [0.25, 0.3) is 5.91 Å². The largest absolute Gasteiger partial charge is 0.481 e. The molecule has 0 aliphatic heterocycles. The van der Waals surface area contributed by atoms with Crippen LogP contribution in [0.2, 0.25) is 0 Å². The van der Waals surface area contributed by atoms with E-state index in [2.05, 4.69) is 22.1 Å². The minimum absolute atomic E-state index is 0.250. The number of rotatable bonds is 7. The van der Waals surface area contributed by atoms with E-state index >= 15 is 0 Å². The molecule has 1 aromatic carbocycles. The fourth-order valence-corrected chi connectivity index (χ4v) is 3.22. The van der Waals surface area contributed by atoms with Crippen molar-refractivity contribution >= 4 is 34.1 Å². The molecule has 0 radical (unpaired) electrons. The van der Waals surface area contributed by atoms with Crippen molar-refractivity contribution in [3.8, 4) is 5.75 Å². The van der Waals surface area contributed by atoms with Gasteiger partial charge < -0.3 is 4.74 Å². The lowest BCUT2D eigenvalue weighted by Crippen LogP contribution is -2.30. The molecule has 7 heteroatoms. The molecule has 0 aliphatic rings. The predicted molar refractivity (Wildman–Crippen MR) is 95.5 cm³/mol. The fourth-order valence-electron chi connectivity index (χ4n) is 1.70. The number of hydrogen-bond acceptors (Lipinski definition) is 6. The molecule has 23 heavy (non-hydrogen) atoms. The first-order chi connectivity index (χ1) is 11.0. The highest BCUT2D eigenvalue weighted by Gasteiger charge is 2.17. The lowest BCUT2D eigenvalue weighted by atomic mass is 10.1. The highest BCUT2D eigenvalue weighted by Crippen LogP contribution is 2.25. The number of nitrogens with one attached hydrogen (secondary N) is 1. The van der Waals surface area contributed by atoms with Crippen molar-refractivity contribution in [1.29, 1.82) is 0 Å². The maximum Gasteiger partial charge on any atom is 0.266 e. The lowest BCUT2D eigenvalue weighted by Gasteiger charge is -2.14. The fraction of sp³-hybridized carbons (Fsp3) is 0.312. The molecule has 2 aromatic rings. The Labute approximate surface area is 144 Å². The first-order valence-corrected chi connectivity index (χ1v) is 8.91. The number of carbonyl (C=O) groups excluding carboxylic acids is 1. The van der Waals surface area contributed by atoms with E-state index in [4.69, 9.17) is 4.74 Å². The van der Waals surface area contributed by atoms with Gasteiger partial charge in [-0.3, -0.25) is 10.1 Å². The van der Waals surface area contributed by atoms with Gasteiger partial charge in [-0.15, -0.1) is 16.8 Å². The molecule has 1 atom stereocenters. The summed E-state index contributed by atoms with van der Waals surface area (Å²) in [6.07, 6.45) is 1.18. The van der Waals surface area contributed by atoms with Gasteiger partial charge in [0, 0.05) is 5.75 Å². The molecule has 0 saturated carbocycles. The van der Waals surface area contributed by atoms with Gasteiger partial charge in [0.1, 0.15) is 5.75 Å². The van der Waals surface area contributed by atoms with Gasteiger partial charge in [-0.2, -0.15) is 0 Å². The van der Waals surface area contributed by atoms with Gasteiger partial charge >= 0.3 is 0 Å². The third-order valence-electron chi connectivity index (χ3n) is 3.12. The lowest BCUT2D eigenvalue weighted by molar-refractivity contribution is -0.122. The SMILES string of the molecule is C=CCSc1nnc(NC(=O)C(C)Oc2ccc(C)c(C)c2)s1. The van der Waals surface area contributed by atoms with Crippen molar-refractivity contribution < 1.29 is 9.53 Å². The van der Waals surface area contributed by atoms with Crippen molar-refractivity contribution in [3.63, 3.8) is 0 Å². The number of ether oxygens (including phenoxy) is 1. The molecule has 0 spiro atoms. The second-order valence-electron chi connectivity index (χ2n) is 4.97. The Morgan fingerprint density at radius 1 is 1.43 bits per heavy atom. The number of benzene rings is 1. The summed E-state index contributed by atoms with van der Waals surface area (Å²) in [6.45, 7) is 9.41. The molecule has 0 fully saturated rings.